The van der Waals surface area contributed by atoms with Gasteiger partial charge in [-0.3, -0.25) is 4.79 Å². The van der Waals surface area contributed by atoms with Crippen LogP contribution in [0.3, 0.4) is 0 Å². The molecule has 4 heterocycles. The Kier molecular flexibility index (Phi) is 6.87. The van der Waals surface area contributed by atoms with Crippen molar-refractivity contribution in [1.29, 1.82) is 0 Å². The molecule has 0 unspecified atom stereocenters. The van der Waals surface area contributed by atoms with Gasteiger partial charge in [0.15, 0.2) is 5.82 Å². The largest absolute Gasteiger partial charge is 0.477 e. The van der Waals surface area contributed by atoms with Crippen LogP contribution in [0, 0.1) is 11.6 Å². The van der Waals surface area contributed by atoms with Crippen molar-refractivity contribution in [3.63, 3.8) is 0 Å². The van der Waals surface area contributed by atoms with E-state index < -0.39 is 28.6 Å². The zero-order valence-electron chi connectivity index (χ0n) is 16.0. The fourth-order valence-corrected chi connectivity index (χ4v) is 4.32. The third-order valence-electron chi connectivity index (χ3n) is 5.74. The molecule has 3 aliphatic rings. The number of anilines is 1. The van der Waals surface area contributed by atoms with Crippen LogP contribution in [0.1, 0.15) is 30.1 Å². The van der Waals surface area contributed by atoms with Crippen molar-refractivity contribution in [3.8, 4) is 0 Å². The Hall–Kier alpha value is -2.23. The molecule has 0 saturated carbocycles. The number of carboxylic acid groups (broad SMARTS) is 1. The highest BCUT2D eigenvalue weighted by Gasteiger charge is 2.33. The Morgan fingerprint density at radius 3 is 2.45 bits per heavy atom. The number of aryl methyl sites for hydroxylation is 1. The van der Waals surface area contributed by atoms with Crippen molar-refractivity contribution in [3.05, 3.63) is 39.7 Å². The number of carbonyl (C=O) groups is 1. The normalized spacial score (nSPS) is 20.7. The first-order valence-electron chi connectivity index (χ1n) is 9.19. The summed E-state index contributed by atoms with van der Waals surface area (Å²) in [6.45, 7) is 5.08. The standard InChI is InChI=1S/C19H21F2N3O3.ClH.H2O/c1-2-23-10-13(19(26)27)18(25)12-9-14(20)17(15(21)16(12)23)24-8-7-22-5-3-11(24)4-6-22;;/h9-11H,2-8H2,1H3,(H,26,27);1H;1H2. The van der Waals surface area contributed by atoms with Gasteiger partial charge < -0.3 is 24.9 Å². The second kappa shape index (κ2) is 8.64. The molecule has 3 saturated heterocycles. The predicted molar refractivity (Wildman–Crippen MR) is 108 cm³/mol. The zero-order chi connectivity index (χ0) is 19.3. The number of benzene rings is 1. The molecule has 0 spiro atoms. The highest BCUT2D eigenvalue weighted by Crippen LogP contribution is 2.34. The fourth-order valence-electron chi connectivity index (χ4n) is 4.32. The number of piperidine rings is 1. The van der Waals surface area contributed by atoms with Crippen LogP contribution in [0.15, 0.2) is 17.1 Å². The minimum absolute atomic E-state index is 0. The van der Waals surface area contributed by atoms with E-state index in [1.165, 1.54) is 4.57 Å². The summed E-state index contributed by atoms with van der Waals surface area (Å²) in [5.41, 5.74) is -1.50. The summed E-state index contributed by atoms with van der Waals surface area (Å²) in [6, 6.07) is 1.05. The summed E-state index contributed by atoms with van der Waals surface area (Å²) >= 11 is 0. The molecule has 160 valence electrons. The van der Waals surface area contributed by atoms with Crippen LogP contribution in [0.4, 0.5) is 14.5 Å². The third-order valence-corrected chi connectivity index (χ3v) is 5.74. The van der Waals surface area contributed by atoms with Crippen LogP contribution in [0.5, 0.6) is 0 Å². The predicted octanol–water partition coefficient (Wildman–Crippen LogP) is 1.88. The summed E-state index contributed by atoms with van der Waals surface area (Å²) in [7, 11) is 0. The van der Waals surface area contributed by atoms with Crippen molar-refractivity contribution >= 4 is 35.0 Å². The van der Waals surface area contributed by atoms with E-state index in [0.29, 0.717) is 6.54 Å². The molecule has 0 atom stereocenters. The first-order valence-corrected chi connectivity index (χ1v) is 9.19. The number of nitrogens with zero attached hydrogens (tertiary/aromatic N) is 3. The Bertz CT molecular complexity index is 990. The maximum Gasteiger partial charge on any atom is 0.341 e. The number of rotatable bonds is 3. The van der Waals surface area contributed by atoms with Gasteiger partial charge in [-0.25, -0.2) is 13.6 Å². The Morgan fingerprint density at radius 2 is 1.86 bits per heavy atom. The number of carboxylic acids is 1. The molecule has 2 aromatic rings. The van der Waals surface area contributed by atoms with Crippen LogP contribution in [-0.4, -0.2) is 58.2 Å². The van der Waals surface area contributed by atoms with Crippen molar-refractivity contribution in [2.75, 3.05) is 31.1 Å². The molecule has 3 fully saturated rings. The molecule has 3 N–H and O–H groups in total. The molecule has 7 nitrogen and oxygen atoms in total. The van der Waals surface area contributed by atoms with Gasteiger partial charge in [0.1, 0.15) is 17.1 Å². The molecule has 0 radical (unpaired) electrons. The lowest BCUT2D eigenvalue weighted by molar-refractivity contribution is 0.0694. The van der Waals surface area contributed by atoms with Crippen molar-refractivity contribution in [2.45, 2.75) is 32.4 Å². The van der Waals surface area contributed by atoms with Gasteiger partial charge in [0, 0.05) is 45.0 Å². The van der Waals surface area contributed by atoms with Crippen LogP contribution in [0.2, 0.25) is 0 Å². The molecule has 0 aliphatic carbocycles. The second-order valence-electron chi connectivity index (χ2n) is 7.15. The molecule has 0 amide bonds. The topological polar surface area (TPSA) is 97.3 Å². The monoisotopic (exact) mass is 431 g/mol. The van der Waals surface area contributed by atoms with E-state index in [1.54, 1.807) is 11.8 Å². The van der Waals surface area contributed by atoms with E-state index in [-0.39, 0.29) is 47.1 Å². The molecule has 5 rings (SSSR count). The molecule has 3 aliphatic heterocycles. The van der Waals surface area contributed by atoms with Gasteiger partial charge in [-0.15, -0.1) is 12.4 Å². The highest BCUT2D eigenvalue weighted by molar-refractivity contribution is 5.93. The number of pyridine rings is 1. The van der Waals surface area contributed by atoms with E-state index in [1.807, 2.05) is 0 Å². The smallest absolute Gasteiger partial charge is 0.341 e. The first-order chi connectivity index (χ1) is 12.9. The number of hydrogen-bond acceptors (Lipinski definition) is 4. The van der Waals surface area contributed by atoms with E-state index >= 15 is 4.39 Å². The molecule has 1 aromatic carbocycles. The third kappa shape index (κ3) is 3.70. The summed E-state index contributed by atoms with van der Waals surface area (Å²) < 4.78 is 31.9. The first kappa shape index (κ1) is 23.1. The molecular weight excluding hydrogens is 408 g/mol. The maximum atomic E-state index is 15.5. The summed E-state index contributed by atoms with van der Waals surface area (Å²) in [5.74, 6) is -3.02. The number of aromatic carboxylic acids is 1. The van der Waals surface area contributed by atoms with Crippen LogP contribution < -0.4 is 10.3 Å². The maximum absolute atomic E-state index is 15.5. The van der Waals surface area contributed by atoms with Crippen molar-refractivity contribution in [1.82, 2.24) is 9.47 Å². The lowest BCUT2D eigenvalue weighted by atomic mass is 10.0. The van der Waals surface area contributed by atoms with Gasteiger partial charge in [-0.2, -0.15) is 0 Å². The summed E-state index contributed by atoms with van der Waals surface area (Å²) in [6.07, 6.45) is 2.82. The van der Waals surface area contributed by atoms with Gasteiger partial charge in [0.25, 0.3) is 0 Å². The Labute approximate surface area is 172 Å². The Morgan fingerprint density at radius 1 is 1.21 bits per heavy atom. The lowest BCUT2D eigenvalue weighted by Gasteiger charge is -2.33. The van der Waals surface area contributed by atoms with E-state index in [9.17, 15) is 19.1 Å². The van der Waals surface area contributed by atoms with E-state index in [0.717, 1.165) is 44.7 Å². The van der Waals surface area contributed by atoms with Gasteiger partial charge in [-0.1, -0.05) is 0 Å². The molecule has 1 aromatic heterocycles. The second-order valence-corrected chi connectivity index (χ2v) is 7.15. The van der Waals surface area contributed by atoms with Crippen molar-refractivity contribution < 1.29 is 24.2 Å². The van der Waals surface area contributed by atoms with Crippen LogP contribution in [-0.2, 0) is 6.54 Å². The molecule has 29 heavy (non-hydrogen) atoms. The van der Waals surface area contributed by atoms with Crippen LogP contribution >= 0.6 is 12.4 Å². The van der Waals surface area contributed by atoms with Gasteiger partial charge >= 0.3 is 5.97 Å². The molecule has 10 heteroatoms. The van der Waals surface area contributed by atoms with E-state index in [4.69, 9.17) is 0 Å². The highest BCUT2D eigenvalue weighted by atomic mass is 35.5. The summed E-state index contributed by atoms with van der Waals surface area (Å²) in [5, 5.41) is 8.99. The Balaban J connectivity index is 0.00000150. The van der Waals surface area contributed by atoms with Crippen LogP contribution in [0.25, 0.3) is 10.9 Å². The van der Waals surface area contributed by atoms with Crippen molar-refractivity contribution in [2.24, 2.45) is 0 Å². The quantitative estimate of drug-likeness (QED) is 0.800. The fraction of sp³-hybridized carbons (Fsp3) is 0.474. The number of halogens is 3. The zero-order valence-corrected chi connectivity index (χ0v) is 16.8. The lowest BCUT2D eigenvalue weighted by Crippen LogP contribution is -2.39. The minimum Gasteiger partial charge on any atom is -0.477 e. The SMILES string of the molecule is CCn1cc(C(=O)O)c(=O)c2cc(F)c(N3CCN4CCC3CC4)c(F)c21.Cl.O. The average molecular weight is 432 g/mol. The van der Waals surface area contributed by atoms with Gasteiger partial charge in [0.05, 0.1) is 10.9 Å². The number of aromatic nitrogens is 1. The molecular formula is C19H24ClF2N3O4. The minimum atomic E-state index is -1.41. The summed E-state index contributed by atoms with van der Waals surface area (Å²) in [4.78, 5) is 27.9. The number of hydrogen-bond donors (Lipinski definition) is 1. The average Bonchev–Trinajstić information content (AvgIpc) is 2.96. The molecule has 2 bridgehead atoms. The van der Waals surface area contributed by atoms with E-state index in [2.05, 4.69) is 4.90 Å². The van der Waals surface area contributed by atoms with Gasteiger partial charge in [0.2, 0.25) is 5.43 Å². The number of fused-ring (bicyclic) bond motifs is 5. The van der Waals surface area contributed by atoms with Gasteiger partial charge in [-0.05, 0) is 25.8 Å².